The van der Waals surface area contributed by atoms with E-state index in [1.54, 1.807) is 11.3 Å². The number of nitrogens with zero attached hydrogens (tertiary/aromatic N) is 4. The molecule has 49 heavy (non-hydrogen) atoms. The van der Waals surface area contributed by atoms with Crippen LogP contribution in [0.4, 0.5) is 0 Å². The minimum atomic E-state index is -0.468. The summed E-state index contributed by atoms with van der Waals surface area (Å²) < 4.78 is 6.07. The number of hydrogen-bond donors (Lipinski definition) is 1. The summed E-state index contributed by atoms with van der Waals surface area (Å²) in [5.74, 6) is -0.137. The molecule has 0 bridgehead atoms. The lowest BCUT2D eigenvalue weighted by molar-refractivity contribution is -0.147. The molecule has 1 fully saturated rings. The molecule has 1 N–H and O–H groups in total. The number of nitrogens with one attached hydrogen (secondary N) is 1. The second kappa shape index (κ2) is 23.1. The SMILES string of the molecule is C=C(C)CCCN1CCNCCN(C(CCC=O)C(=O)OC)CCN(Cc2ccc3c(=O)c4ccccc4sc3n2)CC1.CC.CC(C)=O. The van der Waals surface area contributed by atoms with Crippen molar-refractivity contribution in [2.75, 3.05) is 66.0 Å². The van der Waals surface area contributed by atoms with E-state index in [1.807, 2.05) is 50.2 Å². The van der Waals surface area contributed by atoms with Gasteiger partial charge in [-0.3, -0.25) is 19.4 Å². The molecule has 0 saturated carbocycles. The van der Waals surface area contributed by atoms with Gasteiger partial charge in [-0.05, 0) is 70.8 Å². The second-order valence-corrected chi connectivity index (χ2v) is 13.3. The fourth-order valence-electron chi connectivity index (χ4n) is 5.62. The minimum Gasteiger partial charge on any atom is -0.468 e. The maximum absolute atomic E-state index is 13.1. The zero-order valence-electron chi connectivity index (χ0n) is 30.5. The van der Waals surface area contributed by atoms with Gasteiger partial charge in [-0.2, -0.15) is 0 Å². The van der Waals surface area contributed by atoms with E-state index in [0.29, 0.717) is 37.9 Å². The molecule has 1 aliphatic heterocycles. The van der Waals surface area contributed by atoms with E-state index in [2.05, 4.69) is 33.5 Å². The average Bonchev–Trinajstić information content (AvgIpc) is 3.08. The zero-order valence-corrected chi connectivity index (χ0v) is 31.3. The van der Waals surface area contributed by atoms with Gasteiger partial charge in [0.25, 0.3) is 0 Å². The normalized spacial score (nSPS) is 15.8. The molecule has 1 saturated heterocycles. The maximum Gasteiger partial charge on any atom is 0.323 e. The van der Waals surface area contributed by atoms with E-state index >= 15 is 0 Å². The number of methoxy groups -OCH3 is 1. The number of carbonyl (C=O) groups excluding carboxylic acids is 3. The molecule has 1 atom stereocenters. The summed E-state index contributed by atoms with van der Waals surface area (Å²) in [5.41, 5.74) is 2.15. The Kier molecular flexibility index (Phi) is 19.7. The zero-order chi connectivity index (χ0) is 36.2. The maximum atomic E-state index is 13.1. The highest BCUT2D eigenvalue weighted by Crippen LogP contribution is 2.23. The van der Waals surface area contributed by atoms with E-state index in [9.17, 15) is 19.2 Å². The van der Waals surface area contributed by atoms with Crippen LogP contribution in [0.2, 0.25) is 0 Å². The minimum absolute atomic E-state index is 0.0218. The van der Waals surface area contributed by atoms with Crippen LogP contribution in [-0.2, 0) is 25.7 Å². The fourth-order valence-corrected chi connectivity index (χ4v) is 6.68. The highest BCUT2D eigenvalue weighted by molar-refractivity contribution is 7.24. The third-order valence-corrected chi connectivity index (χ3v) is 9.13. The van der Waals surface area contributed by atoms with Gasteiger partial charge in [0.15, 0.2) is 5.43 Å². The first-order valence-electron chi connectivity index (χ1n) is 17.5. The molecular formula is C38H57N5O5S. The Balaban J connectivity index is 0.00000129. The van der Waals surface area contributed by atoms with Crippen LogP contribution in [0.25, 0.3) is 20.3 Å². The number of esters is 1. The van der Waals surface area contributed by atoms with Gasteiger partial charge < -0.3 is 24.5 Å². The van der Waals surface area contributed by atoms with Crippen molar-refractivity contribution >= 4 is 49.7 Å². The van der Waals surface area contributed by atoms with Gasteiger partial charge in [0.2, 0.25) is 0 Å². The third-order valence-electron chi connectivity index (χ3n) is 8.05. The number of ketones is 1. The van der Waals surface area contributed by atoms with E-state index in [-0.39, 0.29) is 17.2 Å². The Morgan fingerprint density at radius 3 is 2.35 bits per heavy atom. The van der Waals surface area contributed by atoms with Gasteiger partial charge in [0.1, 0.15) is 22.9 Å². The number of Topliss-reactive ketones (excluding diaryl/α,β-unsaturated/α-hetero) is 1. The van der Waals surface area contributed by atoms with Gasteiger partial charge in [0, 0.05) is 75.4 Å². The van der Waals surface area contributed by atoms with Crippen LogP contribution in [0, 0.1) is 0 Å². The number of hydrogen-bond acceptors (Lipinski definition) is 11. The number of aldehydes is 1. The van der Waals surface area contributed by atoms with Crippen LogP contribution in [0.1, 0.15) is 66.0 Å². The summed E-state index contributed by atoms with van der Waals surface area (Å²) in [7, 11) is 1.41. The summed E-state index contributed by atoms with van der Waals surface area (Å²) >= 11 is 1.55. The van der Waals surface area contributed by atoms with E-state index in [1.165, 1.54) is 26.5 Å². The van der Waals surface area contributed by atoms with Crippen LogP contribution in [0.15, 0.2) is 53.3 Å². The summed E-state index contributed by atoms with van der Waals surface area (Å²) in [6, 6.07) is 11.1. The Morgan fingerprint density at radius 2 is 1.65 bits per heavy atom. The topological polar surface area (TPSA) is 112 Å². The number of benzene rings is 1. The van der Waals surface area contributed by atoms with Crippen molar-refractivity contribution in [1.29, 1.82) is 0 Å². The van der Waals surface area contributed by atoms with Crippen molar-refractivity contribution in [3.05, 3.63) is 64.5 Å². The van der Waals surface area contributed by atoms with Crippen LogP contribution < -0.4 is 10.7 Å². The summed E-state index contributed by atoms with van der Waals surface area (Å²) in [4.78, 5) is 59.2. The Hall–Kier alpha value is -3.35. The molecule has 0 radical (unpaired) electrons. The number of rotatable bonds is 11. The van der Waals surface area contributed by atoms with Crippen molar-refractivity contribution < 1.29 is 19.1 Å². The molecule has 3 heterocycles. The predicted octanol–water partition coefficient (Wildman–Crippen LogP) is 5.32. The molecular weight excluding hydrogens is 639 g/mol. The molecule has 270 valence electrons. The van der Waals surface area contributed by atoms with Gasteiger partial charge in [-0.1, -0.05) is 31.6 Å². The number of carbonyl (C=O) groups is 3. The Bertz CT molecular complexity index is 1540. The van der Waals surface area contributed by atoms with E-state index < -0.39 is 6.04 Å². The molecule has 0 spiro atoms. The molecule has 1 aromatic carbocycles. The lowest BCUT2D eigenvalue weighted by Crippen LogP contribution is -2.50. The molecule has 1 aliphatic rings. The van der Waals surface area contributed by atoms with Crippen LogP contribution >= 0.6 is 11.3 Å². The monoisotopic (exact) mass is 695 g/mol. The summed E-state index contributed by atoms with van der Waals surface area (Å²) in [6.07, 6.45) is 3.72. The van der Waals surface area contributed by atoms with E-state index in [4.69, 9.17) is 9.72 Å². The lowest BCUT2D eigenvalue weighted by Gasteiger charge is -2.34. The first-order chi connectivity index (χ1) is 23.6. The lowest BCUT2D eigenvalue weighted by atomic mass is 10.1. The van der Waals surface area contributed by atoms with Crippen molar-refractivity contribution in [1.82, 2.24) is 25.0 Å². The van der Waals surface area contributed by atoms with Gasteiger partial charge in [0.05, 0.1) is 18.2 Å². The first-order valence-corrected chi connectivity index (χ1v) is 18.3. The van der Waals surface area contributed by atoms with Crippen molar-refractivity contribution in [3.63, 3.8) is 0 Å². The van der Waals surface area contributed by atoms with Crippen molar-refractivity contribution in [2.24, 2.45) is 0 Å². The number of fused-ring (bicyclic) bond motifs is 2. The molecule has 3 aromatic rings. The molecule has 0 amide bonds. The highest BCUT2D eigenvalue weighted by atomic mass is 32.1. The smallest absolute Gasteiger partial charge is 0.323 e. The predicted molar refractivity (Wildman–Crippen MR) is 202 cm³/mol. The quantitative estimate of drug-likeness (QED) is 0.123. The molecule has 1 unspecified atom stereocenters. The average molecular weight is 696 g/mol. The standard InChI is InChI=1S/C33H45N5O4S.C3H6O.C2H6/c1-25(2)8-6-16-36-17-14-34-15-18-38(29(10-7-23-39)33(41)42-3)22-21-37(20-19-36)24-26-12-13-28-31(40)27-9-4-5-11-30(27)43-32(28)35-26;1-3(2)4;1-2/h4-5,9,11-13,23,29,34H,1,6-8,10,14-22,24H2,2-3H3;1-2H3;1-2H3. The van der Waals surface area contributed by atoms with Crippen LogP contribution in [-0.4, -0.2) is 110 Å². The number of aromatic nitrogens is 1. The third kappa shape index (κ3) is 14.6. The molecule has 0 aliphatic carbocycles. The number of pyridine rings is 1. The Morgan fingerprint density at radius 1 is 0.980 bits per heavy atom. The number of allylic oxidation sites excluding steroid dienone is 1. The largest absolute Gasteiger partial charge is 0.468 e. The summed E-state index contributed by atoms with van der Waals surface area (Å²) in [6.45, 7) is 21.2. The van der Waals surface area contributed by atoms with Crippen LogP contribution in [0.5, 0.6) is 0 Å². The van der Waals surface area contributed by atoms with Gasteiger partial charge >= 0.3 is 5.97 Å². The van der Waals surface area contributed by atoms with Crippen molar-refractivity contribution in [2.45, 2.75) is 72.9 Å². The van der Waals surface area contributed by atoms with Crippen LogP contribution in [0.3, 0.4) is 0 Å². The molecule has 2 aromatic heterocycles. The van der Waals surface area contributed by atoms with Gasteiger partial charge in [-0.25, -0.2) is 4.98 Å². The Labute approximate surface area is 296 Å². The molecule has 11 heteroatoms. The fraction of sp³-hybridized carbons (Fsp3) is 0.553. The first kappa shape index (κ1) is 41.8. The highest BCUT2D eigenvalue weighted by Gasteiger charge is 2.27. The van der Waals surface area contributed by atoms with Gasteiger partial charge in [-0.15, -0.1) is 17.9 Å². The number of ether oxygens (including phenoxy) is 1. The molecule has 4 rings (SSSR count). The van der Waals surface area contributed by atoms with E-state index in [0.717, 1.165) is 85.6 Å². The molecule has 10 nitrogen and oxygen atoms in total. The second-order valence-electron chi connectivity index (χ2n) is 12.2. The van der Waals surface area contributed by atoms with Crippen molar-refractivity contribution in [3.8, 4) is 0 Å². The summed E-state index contributed by atoms with van der Waals surface area (Å²) in [5, 5.41) is 4.93.